The Morgan fingerprint density at radius 3 is 1.73 bits per heavy atom. The van der Waals surface area contributed by atoms with E-state index in [9.17, 15) is 0 Å². The molecule has 126 valence electrons. The zero-order valence-corrected chi connectivity index (χ0v) is 20.2. The van der Waals surface area contributed by atoms with Crippen LogP contribution in [0.1, 0.15) is 46.6 Å². The van der Waals surface area contributed by atoms with E-state index in [2.05, 4.69) is 71.0 Å². The van der Waals surface area contributed by atoms with E-state index >= 15 is 0 Å². The number of hydrogen-bond acceptors (Lipinski definition) is 0. The molecule has 0 saturated carbocycles. The van der Waals surface area contributed by atoms with Crippen LogP contribution < -0.4 is 0 Å². The maximum atomic E-state index is 5.04. The van der Waals surface area contributed by atoms with Gasteiger partial charge in [0, 0.05) is 0 Å². The van der Waals surface area contributed by atoms with Crippen molar-refractivity contribution in [2.24, 2.45) is 0 Å². The second kappa shape index (κ2) is 11.9. The van der Waals surface area contributed by atoms with Crippen LogP contribution in [0.25, 0.3) is 5.31 Å². The van der Waals surface area contributed by atoms with Crippen molar-refractivity contribution in [2.45, 2.75) is 52.4 Å². The molecule has 0 aliphatic heterocycles. The molecular weight excluding hydrogens is 456 g/mol. The van der Waals surface area contributed by atoms with Crippen LogP contribution in [-0.4, -0.2) is 11.3 Å². The summed E-state index contributed by atoms with van der Waals surface area (Å²) in [6.45, 7) is 11.7. The Balaban J connectivity index is 0.000000763. The second-order valence-corrected chi connectivity index (χ2v) is 31.1. The predicted molar refractivity (Wildman–Crippen MR) is 105 cm³/mol. The Labute approximate surface area is 155 Å². The van der Waals surface area contributed by atoms with E-state index in [1.807, 2.05) is 0 Å². The fourth-order valence-electron chi connectivity index (χ4n) is 2.33. The van der Waals surface area contributed by atoms with Crippen molar-refractivity contribution >= 4 is 47.3 Å². The molecule has 22 heavy (non-hydrogen) atoms. The number of benzene rings is 1. The van der Waals surface area contributed by atoms with Gasteiger partial charge in [-0.1, -0.05) is 78.9 Å². The molecule has 0 bridgehead atoms. The average molecular weight is 481 g/mol. The molecule has 1 aromatic carbocycles. The number of rotatable bonds is 5. The first-order valence-electron chi connectivity index (χ1n) is 7.37. The van der Waals surface area contributed by atoms with Gasteiger partial charge in [0.05, 0.1) is 0 Å². The molecule has 0 aliphatic rings. The molecule has 0 heterocycles. The summed E-state index contributed by atoms with van der Waals surface area (Å²) in [5.41, 5.74) is 2.92. The Kier molecular flexibility index (Phi) is 12.7. The summed E-state index contributed by atoms with van der Waals surface area (Å²) in [7, 11) is 20.1. The first kappa shape index (κ1) is 23.4. The third-order valence-corrected chi connectivity index (χ3v) is 6.08. The summed E-state index contributed by atoms with van der Waals surface area (Å²) in [5.74, 6) is 0. The Morgan fingerprint density at radius 1 is 1.00 bits per heavy atom. The van der Waals surface area contributed by atoms with Gasteiger partial charge in [0.25, 0.3) is 0 Å². The molecule has 0 aliphatic carbocycles. The average Bonchev–Trinajstić information content (AvgIpc) is 2.36. The normalized spacial score (nSPS) is 12.6. The third-order valence-electron chi connectivity index (χ3n) is 2.86. The summed E-state index contributed by atoms with van der Waals surface area (Å²) in [6.07, 6.45) is 3.56. The minimum atomic E-state index is -3.29. The molecule has 0 amide bonds. The van der Waals surface area contributed by atoms with E-state index in [1.165, 1.54) is 5.56 Å². The van der Waals surface area contributed by atoms with E-state index in [1.54, 1.807) is 5.31 Å². The minimum absolute atomic E-state index is 0.0631. The van der Waals surface area contributed by atoms with Gasteiger partial charge < -0.3 is 0 Å². The molecule has 0 aromatic heterocycles. The summed E-state index contributed by atoms with van der Waals surface area (Å²) in [5, 5.41) is 1.59. The fourth-order valence-corrected chi connectivity index (χ4v) is 5.47. The van der Waals surface area contributed by atoms with Gasteiger partial charge >= 0.3 is 49.5 Å². The zero-order valence-electron chi connectivity index (χ0n) is 13.8. The standard InChI is InChI=1S/C16H25P.4ClH.Zr/c1-6-10-16(15-11-8-7-9-12-15)17(13(2)3)14(4)5;;;;;/h7-14H,6H2,1-5H3;4*1H;/q;;;;;+4/p-4. The van der Waals surface area contributed by atoms with Crippen LogP contribution in [0, 0.1) is 0 Å². The summed E-state index contributed by atoms with van der Waals surface area (Å²) >= 11 is -3.29. The molecule has 1 rings (SSSR count). The van der Waals surface area contributed by atoms with Crippen LogP contribution in [0.15, 0.2) is 36.4 Å². The van der Waals surface area contributed by atoms with Crippen molar-refractivity contribution in [3.8, 4) is 0 Å². The van der Waals surface area contributed by atoms with Crippen LogP contribution in [0.3, 0.4) is 0 Å². The molecule has 0 radical (unpaired) electrons. The molecule has 0 nitrogen and oxygen atoms in total. The molecule has 6 heteroatoms. The Bertz CT molecular complexity index is 427. The topological polar surface area (TPSA) is 0 Å². The van der Waals surface area contributed by atoms with E-state index in [-0.39, 0.29) is 7.92 Å². The van der Waals surface area contributed by atoms with Crippen LogP contribution in [0.2, 0.25) is 0 Å². The number of allylic oxidation sites excluding steroid dienone is 1. The summed E-state index contributed by atoms with van der Waals surface area (Å²) < 4.78 is 0. The number of hydrogen-bond donors (Lipinski definition) is 0. The van der Waals surface area contributed by atoms with Gasteiger partial charge in [-0.3, -0.25) is 0 Å². The van der Waals surface area contributed by atoms with Crippen molar-refractivity contribution in [1.29, 1.82) is 0 Å². The summed E-state index contributed by atoms with van der Waals surface area (Å²) in [4.78, 5) is 0. The molecule has 0 N–H and O–H groups in total. The van der Waals surface area contributed by atoms with Crippen molar-refractivity contribution < 1.29 is 15.5 Å². The number of halogens is 4. The molecule has 0 atom stereocenters. The monoisotopic (exact) mass is 478 g/mol. The maximum absolute atomic E-state index is 5.04. The van der Waals surface area contributed by atoms with Crippen molar-refractivity contribution in [2.75, 3.05) is 0 Å². The second-order valence-electron chi connectivity index (χ2n) is 5.39. The van der Waals surface area contributed by atoms with E-state index < -0.39 is 15.5 Å². The van der Waals surface area contributed by atoms with Gasteiger partial charge in [0.2, 0.25) is 0 Å². The fraction of sp³-hybridized carbons (Fsp3) is 0.500. The summed E-state index contributed by atoms with van der Waals surface area (Å²) in [6, 6.07) is 10.9. The Morgan fingerprint density at radius 2 is 1.41 bits per heavy atom. The van der Waals surface area contributed by atoms with Crippen LogP contribution in [0.5, 0.6) is 0 Å². The molecule has 0 fully saturated rings. The SMILES string of the molecule is CCC=C(c1ccccc1)P(C(C)C)C(C)C.[Cl][Zr]([Cl])([Cl])[Cl]. The zero-order chi connectivity index (χ0) is 17.3. The molecule has 0 saturated heterocycles. The van der Waals surface area contributed by atoms with Crippen LogP contribution in [-0.2, 0) is 15.5 Å². The molecule has 0 unspecified atom stereocenters. The van der Waals surface area contributed by atoms with Gasteiger partial charge in [0.15, 0.2) is 0 Å². The first-order valence-corrected chi connectivity index (χ1v) is 21.5. The van der Waals surface area contributed by atoms with Gasteiger partial charge in [-0.15, -0.1) is 0 Å². The third kappa shape index (κ3) is 11.1. The van der Waals surface area contributed by atoms with E-state index in [0.717, 1.165) is 17.7 Å². The van der Waals surface area contributed by atoms with Crippen molar-refractivity contribution in [3.63, 3.8) is 0 Å². The van der Waals surface area contributed by atoms with Gasteiger partial charge in [0.1, 0.15) is 0 Å². The quantitative estimate of drug-likeness (QED) is 0.370. The van der Waals surface area contributed by atoms with E-state index in [0.29, 0.717) is 0 Å². The molecular formula is C16H25Cl4PZr. The van der Waals surface area contributed by atoms with Gasteiger partial charge in [-0.2, -0.15) is 0 Å². The predicted octanol–water partition coefficient (Wildman–Crippen LogP) is 8.49. The molecule has 0 spiro atoms. The first-order chi connectivity index (χ1) is 10.1. The van der Waals surface area contributed by atoms with Gasteiger partial charge in [-0.25, -0.2) is 0 Å². The molecule has 1 aromatic rings. The van der Waals surface area contributed by atoms with Crippen LogP contribution >= 0.6 is 42.0 Å². The van der Waals surface area contributed by atoms with Crippen molar-refractivity contribution in [3.05, 3.63) is 42.0 Å². The van der Waals surface area contributed by atoms with Crippen molar-refractivity contribution in [1.82, 2.24) is 0 Å². The van der Waals surface area contributed by atoms with E-state index in [4.69, 9.17) is 34.1 Å². The van der Waals surface area contributed by atoms with Gasteiger partial charge in [-0.05, 0) is 28.6 Å². The Hall–Kier alpha value is 1.43. The van der Waals surface area contributed by atoms with Crippen LogP contribution in [0.4, 0.5) is 0 Å².